The van der Waals surface area contributed by atoms with Gasteiger partial charge in [0.05, 0.1) is 5.02 Å². The van der Waals surface area contributed by atoms with Gasteiger partial charge in [-0.05, 0) is 31.4 Å². The highest BCUT2D eigenvalue weighted by atomic mass is 35.5. The molecule has 0 amide bonds. The Labute approximate surface area is 95.8 Å². The number of halogens is 1. The molecule has 3 nitrogen and oxygen atoms in total. The molecule has 15 heavy (non-hydrogen) atoms. The van der Waals surface area contributed by atoms with Crippen molar-refractivity contribution in [2.24, 2.45) is 0 Å². The zero-order chi connectivity index (χ0) is 10.9. The Hall–Kier alpha value is -0.800. The molecule has 1 heterocycles. The standard InChI is InChI=1S/C11H17ClN2O/c1-15-9-4-2-3-7-13-11-10(12)6-5-8-14-11/h5-6,8H,2-4,7,9H2,1H3,(H,13,14). The van der Waals surface area contributed by atoms with Crippen molar-refractivity contribution in [3.05, 3.63) is 23.4 Å². The van der Waals surface area contributed by atoms with Gasteiger partial charge in [-0.1, -0.05) is 11.6 Å². The summed E-state index contributed by atoms with van der Waals surface area (Å²) < 4.78 is 4.97. The second-order valence-corrected chi connectivity index (χ2v) is 3.72. The Morgan fingerprint density at radius 3 is 3.00 bits per heavy atom. The molecule has 0 aliphatic carbocycles. The van der Waals surface area contributed by atoms with E-state index in [1.165, 1.54) is 0 Å². The number of anilines is 1. The van der Waals surface area contributed by atoms with Gasteiger partial charge >= 0.3 is 0 Å². The van der Waals surface area contributed by atoms with Crippen molar-refractivity contribution in [3.8, 4) is 0 Å². The van der Waals surface area contributed by atoms with Crippen LogP contribution in [0.1, 0.15) is 19.3 Å². The van der Waals surface area contributed by atoms with Gasteiger partial charge in [-0.25, -0.2) is 4.98 Å². The molecule has 1 N–H and O–H groups in total. The third-order valence-electron chi connectivity index (χ3n) is 2.08. The fourth-order valence-corrected chi connectivity index (χ4v) is 1.46. The summed E-state index contributed by atoms with van der Waals surface area (Å²) in [6.07, 6.45) is 5.11. The van der Waals surface area contributed by atoms with Crippen molar-refractivity contribution in [2.45, 2.75) is 19.3 Å². The van der Waals surface area contributed by atoms with Gasteiger partial charge in [0.25, 0.3) is 0 Å². The molecule has 0 unspecified atom stereocenters. The number of nitrogens with one attached hydrogen (secondary N) is 1. The van der Waals surface area contributed by atoms with Crippen LogP contribution in [0, 0.1) is 0 Å². The molecular weight excluding hydrogens is 212 g/mol. The molecule has 84 valence electrons. The first-order valence-electron chi connectivity index (χ1n) is 5.18. The maximum atomic E-state index is 5.94. The van der Waals surface area contributed by atoms with E-state index in [-0.39, 0.29) is 0 Å². The summed E-state index contributed by atoms with van der Waals surface area (Å²) in [6.45, 7) is 1.74. The SMILES string of the molecule is COCCCCCNc1ncccc1Cl. The molecular formula is C11H17ClN2O. The van der Waals surface area contributed by atoms with Crippen LogP contribution in [0.5, 0.6) is 0 Å². The molecule has 0 saturated heterocycles. The number of unbranched alkanes of at least 4 members (excludes halogenated alkanes) is 2. The summed E-state index contributed by atoms with van der Waals surface area (Å²) in [5.41, 5.74) is 0. The number of ether oxygens (including phenoxy) is 1. The van der Waals surface area contributed by atoms with Crippen LogP contribution < -0.4 is 5.32 Å². The maximum absolute atomic E-state index is 5.94. The van der Waals surface area contributed by atoms with E-state index in [0.29, 0.717) is 5.02 Å². The Kier molecular flexibility index (Phi) is 6.12. The first kappa shape index (κ1) is 12.3. The van der Waals surface area contributed by atoms with E-state index in [1.54, 1.807) is 13.3 Å². The van der Waals surface area contributed by atoms with Gasteiger partial charge in [-0.3, -0.25) is 0 Å². The van der Waals surface area contributed by atoms with Gasteiger partial charge in [0, 0.05) is 26.5 Å². The van der Waals surface area contributed by atoms with E-state index in [0.717, 1.165) is 38.2 Å². The highest BCUT2D eigenvalue weighted by Gasteiger charge is 1.98. The minimum absolute atomic E-state index is 0.675. The van der Waals surface area contributed by atoms with E-state index in [4.69, 9.17) is 16.3 Å². The normalized spacial score (nSPS) is 10.3. The molecule has 0 atom stereocenters. The Morgan fingerprint density at radius 2 is 2.27 bits per heavy atom. The lowest BCUT2D eigenvalue weighted by molar-refractivity contribution is 0.192. The number of hydrogen-bond acceptors (Lipinski definition) is 3. The summed E-state index contributed by atoms with van der Waals surface area (Å²) in [5.74, 6) is 0.769. The van der Waals surface area contributed by atoms with Gasteiger partial charge in [-0.15, -0.1) is 0 Å². The molecule has 0 fully saturated rings. The van der Waals surface area contributed by atoms with Crippen LogP contribution in [0.15, 0.2) is 18.3 Å². The molecule has 0 aliphatic heterocycles. The topological polar surface area (TPSA) is 34.1 Å². The van der Waals surface area contributed by atoms with Gasteiger partial charge in [-0.2, -0.15) is 0 Å². The predicted molar refractivity (Wildman–Crippen MR) is 63.5 cm³/mol. The fourth-order valence-electron chi connectivity index (χ4n) is 1.27. The van der Waals surface area contributed by atoms with Gasteiger partial charge < -0.3 is 10.1 Å². The lowest BCUT2D eigenvalue weighted by Gasteiger charge is -2.06. The number of methoxy groups -OCH3 is 1. The lowest BCUT2D eigenvalue weighted by Crippen LogP contribution is -2.04. The number of rotatable bonds is 7. The van der Waals surface area contributed by atoms with Gasteiger partial charge in [0.1, 0.15) is 5.82 Å². The molecule has 0 saturated carbocycles. The first-order chi connectivity index (χ1) is 7.34. The molecule has 1 rings (SSSR count). The van der Waals surface area contributed by atoms with Crippen LogP contribution in [-0.4, -0.2) is 25.2 Å². The average Bonchev–Trinajstić information content (AvgIpc) is 2.25. The summed E-state index contributed by atoms with van der Waals surface area (Å²) >= 11 is 5.94. The van der Waals surface area contributed by atoms with E-state index >= 15 is 0 Å². The zero-order valence-electron chi connectivity index (χ0n) is 9.00. The summed E-state index contributed by atoms with van der Waals surface area (Å²) in [6, 6.07) is 3.66. The molecule has 0 aliphatic rings. The molecule has 0 bridgehead atoms. The highest BCUT2D eigenvalue weighted by Crippen LogP contribution is 2.17. The van der Waals surface area contributed by atoms with Crippen LogP contribution >= 0.6 is 11.6 Å². The second kappa shape index (κ2) is 7.49. The van der Waals surface area contributed by atoms with Crippen LogP contribution in [0.25, 0.3) is 0 Å². The quantitative estimate of drug-likeness (QED) is 0.729. The number of pyridine rings is 1. The maximum Gasteiger partial charge on any atom is 0.144 e. The molecule has 0 radical (unpaired) electrons. The van der Waals surface area contributed by atoms with Gasteiger partial charge in [0.2, 0.25) is 0 Å². The van der Waals surface area contributed by atoms with Crippen molar-refractivity contribution in [1.82, 2.24) is 4.98 Å². The first-order valence-corrected chi connectivity index (χ1v) is 5.55. The van der Waals surface area contributed by atoms with Crippen LogP contribution in [-0.2, 0) is 4.74 Å². The minimum atomic E-state index is 0.675. The zero-order valence-corrected chi connectivity index (χ0v) is 9.76. The van der Waals surface area contributed by atoms with Crippen LogP contribution in [0.3, 0.4) is 0 Å². The molecule has 0 spiro atoms. The van der Waals surface area contributed by atoms with Crippen molar-refractivity contribution < 1.29 is 4.74 Å². The third-order valence-corrected chi connectivity index (χ3v) is 2.38. The van der Waals surface area contributed by atoms with Crippen molar-refractivity contribution in [3.63, 3.8) is 0 Å². The van der Waals surface area contributed by atoms with Crippen molar-refractivity contribution >= 4 is 17.4 Å². The number of nitrogens with zero attached hydrogens (tertiary/aromatic N) is 1. The highest BCUT2D eigenvalue weighted by molar-refractivity contribution is 6.32. The Balaban J connectivity index is 2.12. The van der Waals surface area contributed by atoms with E-state index < -0.39 is 0 Å². The van der Waals surface area contributed by atoms with E-state index in [1.807, 2.05) is 12.1 Å². The largest absolute Gasteiger partial charge is 0.385 e. The molecule has 0 aromatic carbocycles. The second-order valence-electron chi connectivity index (χ2n) is 3.31. The fraction of sp³-hybridized carbons (Fsp3) is 0.545. The monoisotopic (exact) mass is 228 g/mol. The average molecular weight is 229 g/mol. The molecule has 4 heteroatoms. The van der Waals surface area contributed by atoms with Crippen LogP contribution in [0.2, 0.25) is 5.02 Å². The molecule has 1 aromatic rings. The van der Waals surface area contributed by atoms with Gasteiger partial charge in [0.15, 0.2) is 0 Å². The number of hydrogen-bond donors (Lipinski definition) is 1. The summed E-state index contributed by atoms with van der Waals surface area (Å²) in [4.78, 5) is 4.14. The van der Waals surface area contributed by atoms with Crippen molar-refractivity contribution in [2.75, 3.05) is 25.6 Å². The molecule has 1 aromatic heterocycles. The summed E-state index contributed by atoms with van der Waals surface area (Å²) in [5, 5.41) is 3.88. The lowest BCUT2D eigenvalue weighted by atomic mass is 10.2. The third kappa shape index (κ3) is 5.00. The van der Waals surface area contributed by atoms with Crippen LogP contribution in [0.4, 0.5) is 5.82 Å². The Bertz CT molecular complexity index is 281. The summed E-state index contributed by atoms with van der Waals surface area (Å²) in [7, 11) is 1.73. The minimum Gasteiger partial charge on any atom is -0.385 e. The smallest absolute Gasteiger partial charge is 0.144 e. The van der Waals surface area contributed by atoms with E-state index in [2.05, 4.69) is 10.3 Å². The Morgan fingerprint density at radius 1 is 1.40 bits per heavy atom. The van der Waals surface area contributed by atoms with E-state index in [9.17, 15) is 0 Å². The predicted octanol–water partition coefficient (Wildman–Crippen LogP) is 2.96. The van der Waals surface area contributed by atoms with Crippen molar-refractivity contribution in [1.29, 1.82) is 0 Å². The number of aromatic nitrogens is 1.